The van der Waals surface area contributed by atoms with E-state index in [1.165, 1.54) is 6.20 Å². The Kier molecular flexibility index (Phi) is 4.62. The first kappa shape index (κ1) is 14.5. The number of rotatable bonds is 6. The van der Waals surface area contributed by atoms with Crippen LogP contribution < -0.4 is 10.0 Å². The highest BCUT2D eigenvalue weighted by Gasteiger charge is 2.26. The van der Waals surface area contributed by atoms with Gasteiger partial charge in [-0.25, -0.2) is 13.1 Å². The molecule has 1 aliphatic heterocycles. The molecule has 1 fully saturated rings. The third-order valence-electron chi connectivity index (χ3n) is 3.46. The number of aromatic amines is 1. The highest BCUT2D eigenvalue weighted by atomic mass is 32.2. The number of hydrogen-bond donors (Lipinski definition) is 3. The van der Waals surface area contributed by atoms with Gasteiger partial charge in [0.25, 0.3) is 0 Å². The molecule has 2 rings (SSSR count). The molecule has 0 aliphatic carbocycles. The minimum absolute atomic E-state index is 0.119. The molecule has 0 spiro atoms. The van der Waals surface area contributed by atoms with Gasteiger partial charge < -0.3 is 15.0 Å². The molecule has 1 saturated heterocycles. The second kappa shape index (κ2) is 6.04. The number of H-pyrrole nitrogens is 1. The van der Waals surface area contributed by atoms with E-state index in [9.17, 15) is 8.42 Å². The molecule has 19 heavy (non-hydrogen) atoms. The fourth-order valence-corrected chi connectivity index (χ4v) is 3.32. The zero-order valence-electron chi connectivity index (χ0n) is 11.3. The fraction of sp³-hybridized carbons (Fsp3) is 0.667. The van der Waals surface area contributed by atoms with Crippen LogP contribution in [0.4, 0.5) is 0 Å². The monoisotopic (exact) mass is 287 g/mol. The molecule has 1 aromatic rings. The highest BCUT2D eigenvalue weighted by Crippen LogP contribution is 2.20. The number of aromatic nitrogens is 1. The molecule has 1 aliphatic rings. The average molecular weight is 287 g/mol. The molecule has 0 saturated carbocycles. The van der Waals surface area contributed by atoms with Crippen molar-refractivity contribution >= 4 is 10.0 Å². The van der Waals surface area contributed by atoms with Crippen LogP contribution in [0.1, 0.15) is 19.0 Å². The summed E-state index contributed by atoms with van der Waals surface area (Å²) in [7, 11) is -1.62. The van der Waals surface area contributed by atoms with Crippen LogP contribution in [0.2, 0.25) is 0 Å². The Morgan fingerprint density at radius 2 is 2.32 bits per heavy atom. The summed E-state index contributed by atoms with van der Waals surface area (Å²) >= 11 is 0. The van der Waals surface area contributed by atoms with Crippen LogP contribution in [0.15, 0.2) is 17.2 Å². The van der Waals surface area contributed by atoms with Crippen LogP contribution in [0.25, 0.3) is 0 Å². The van der Waals surface area contributed by atoms with Gasteiger partial charge in [-0.15, -0.1) is 0 Å². The SMILES string of the molecule is CNCc1cc(S(=O)(=O)NCC2CCOC2C)c[nH]1. The van der Waals surface area contributed by atoms with Crippen LogP contribution in [-0.4, -0.2) is 39.7 Å². The fourth-order valence-electron chi connectivity index (χ4n) is 2.21. The highest BCUT2D eigenvalue weighted by molar-refractivity contribution is 7.89. The van der Waals surface area contributed by atoms with Gasteiger partial charge in [0.2, 0.25) is 10.0 Å². The van der Waals surface area contributed by atoms with E-state index in [-0.39, 0.29) is 16.9 Å². The normalized spacial score (nSPS) is 23.9. The van der Waals surface area contributed by atoms with Crippen LogP contribution in [0, 0.1) is 5.92 Å². The Balaban J connectivity index is 1.97. The van der Waals surface area contributed by atoms with Crippen molar-refractivity contribution in [3.8, 4) is 0 Å². The minimum Gasteiger partial charge on any atom is -0.378 e. The van der Waals surface area contributed by atoms with Gasteiger partial charge in [0.1, 0.15) is 0 Å². The summed E-state index contributed by atoms with van der Waals surface area (Å²) < 4.78 is 32.3. The number of ether oxygens (including phenoxy) is 1. The molecular weight excluding hydrogens is 266 g/mol. The van der Waals surface area contributed by atoms with Crippen LogP contribution >= 0.6 is 0 Å². The van der Waals surface area contributed by atoms with E-state index in [1.54, 1.807) is 6.07 Å². The van der Waals surface area contributed by atoms with Gasteiger partial charge in [-0.2, -0.15) is 0 Å². The summed E-state index contributed by atoms with van der Waals surface area (Å²) in [6, 6.07) is 1.65. The van der Waals surface area contributed by atoms with Gasteiger partial charge in [0, 0.05) is 37.5 Å². The van der Waals surface area contributed by atoms with Crippen molar-refractivity contribution in [1.82, 2.24) is 15.0 Å². The molecule has 0 radical (unpaired) electrons. The van der Waals surface area contributed by atoms with Crippen molar-refractivity contribution < 1.29 is 13.2 Å². The molecule has 1 aromatic heterocycles. The van der Waals surface area contributed by atoms with Crippen molar-refractivity contribution in [2.24, 2.45) is 5.92 Å². The molecular formula is C12H21N3O3S. The van der Waals surface area contributed by atoms with Crippen LogP contribution in [-0.2, 0) is 21.3 Å². The molecule has 2 atom stereocenters. The Morgan fingerprint density at radius 1 is 1.53 bits per heavy atom. The van der Waals surface area contributed by atoms with E-state index in [4.69, 9.17) is 4.74 Å². The van der Waals surface area contributed by atoms with Crippen LogP contribution in [0.3, 0.4) is 0 Å². The summed E-state index contributed by atoms with van der Waals surface area (Å²) in [4.78, 5) is 3.22. The maximum absolute atomic E-state index is 12.1. The number of nitrogens with one attached hydrogen (secondary N) is 3. The van der Waals surface area contributed by atoms with Crippen molar-refractivity contribution in [2.75, 3.05) is 20.2 Å². The van der Waals surface area contributed by atoms with E-state index in [0.29, 0.717) is 19.7 Å². The Morgan fingerprint density at radius 3 is 2.95 bits per heavy atom. The first-order chi connectivity index (χ1) is 9.03. The Bertz CT molecular complexity index is 512. The predicted molar refractivity (Wildman–Crippen MR) is 72.3 cm³/mol. The predicted octanol–water partition coefficient (Wildman–Crippen LogP) is 0.437. The van der Waals surface area contributed by atoms with Gasteiger partial charge in [-0.1, -0.05) is 0 Å². The van der Waals surface area contributed by atoms with Crippen molar-refractivity contribution in [3.05, 3.63) is 18.0 Å². The molecule has 2 unspecified atom stereocenters. The van der Waals surface area contributed by atoms with Gasteiger partial charge in [0.15, 0.2) is 0 Å². The van der Waals surface area contributed by atoms with Gasteiger partial charge in [0.05, 0.1) is 11.0 Å². The molecule has 6 nitrogen and oxygen atoms in total. The lowest BCUT2D eigenvalue weighted by molar-refractivity contribution is 0.107. The maximum atomic E-state index is 12.1. The largest absolute Gasteiger partial charge is 0.378 e. The molecule has 7 heteroatoms. The van der Waals surface area contributed by atoms with E-state index >= 15 is 0 Å². The summed E-state index contributed by atoms with van der Waals surface area (Å²) in [6.45, 7) is 3.73. The Labute approximate surface area is 114 Å². The number of hydrogen-bond acceptors (Lipinski definition) is 4. The molecule has 0 aromatic carbocycles. The standard InChI is InChI=1S/C12H21N3O3S/c1-9-10(3-4-18-9)6-15-19(16,17)12-5-11(7-13-2)14-8-12/h5,8-10,13-15H,3-4,6-7H2,1-2H3. The zero-order chi connectivity index (χ0) is 13.9. The third-order valence-corrected chi connectivity index (χ3v) is 4.87. The van der Waals surface area contributed by atoms with Gasteiger partial charge in [-0.3, -0.25) is 0 Å². The van der Waals surface area contributed by atoms with Crippen LogP contribution in [0.5, 0.6) is 0 Å². The van der Waals surface area contributed by atoms with E-state index < -0.39 is 10.0 Å². The molecule has 0 amide bonds. The van der Waals surface area contributed by atoms with Crippen molar-refractivity contribution in [1.29, 1.82) is 0 Å². The lowest BCUT2D eigenvalue weighted by Crippen LogP contribution is -2.31. The molecule has 108 valence electrons. The maximum Gasteiger partial charge on any atom is 0.242 e. The topological polar surface area (TPSA) is 83.2 Å². The smallest absolute Gasteiger partial charge is 0.242 e. The number of sulfonamides is 1. The molecule has 3 N–H and O–H groups in total. The van der Waals surface area contributed by atoms with E-state index in [1.807, 2.05) is 14.0 Å². The second-order valence-corrected chi connectivity index (χ2v) is 6.63. The average Bonchev–Trinajstić information content (AvgIpc) is 2.97. The second-order valence-electron chi connectivity index (χ2n) is 4.87. The van der Waals surface area contributed by atoms with Gasteiger partial charge in [-0.05, 0) is 26.5 Å². The van der Waals surface area contributed by atoms with E-state index in [0.717, 1.165) is 12.1 Å². The van der Waals surface area contributed by atoms with Crippen molar-refractivity contribution in [2.45, 2.75) is 30.9 Å². The Hall–Kier alpha value is -0.890. The quantitative estimate of drug-likeness (QED) is 0.709. The summed E-state index contributed by atoms with van der Waals surface area (Å²) in [6.07, 6.45) is 2.54. The lowest BCUT2D eigenvalue weighted by Gasteiger charge is -2.14. The van der Waals surface area contributed by atoms with Gasteiger partial charge >= 0.3 is 0 Å². The first-order valence-corrected chi connectivity index (χ1v) is 7.94. The first-order valence-electron chi connectivity index (χ1n) is 6.46. The zero-order valence-corrected chi connectivity index (χ0v) is 12.1. The summed E-state index contributed by atoms with van der Waals surface area (Å²) in [5.41, 5.74) is 0.848. The lowest BCUT2D eigenvalue weighted by atomic mass is 10.0. The minimum atomic E-state index is -3.43. The molecule has 0 bridgehead atoms. The summed E-state index contributed by atoms with van der Waals surface area (Å²) in [5.74, 6) is 0.255. The molecule has 2 heterocycles. The third kappa shape index (κ3) is 3.56. The summed E-state index contributed by atoms with van der Waals surface area (Å²) in [5, 5.41) is 2.97. The van der Waals surface area contributed by atoms with E-state index in [2.05, 4.69) is 15.0 Å². The van der Waals surface area contributed by atoms with Crippen molar-refractivity contribution in [3.63, 3.8) is 0 Å².